The van der Waals surface area contributed by atoms with Crippen LogP contribution >= 0.6 is 0 Å². The largest absolute Gasteiger partial charge is 0.476 e. The summed E-state index contributed by atoms with van der Waals surface area (Å²) >= 11 is 0. The lowest BCUT2D eigenvalue weighted by Crippen LogP contribution is -2.42. The maximum atomic E-state index is 12.5. The van der Waals surface area contributed by atoms with Crippen molar-refractivity contribution in [1.82, 2.24) is 14.9 Å². The van der Waals surface area contributed by atoms with Crippen LogP contribution in [0.3, 0.4) is 0 Å². The first-order chi connectivity index (χ1) is 10.1. The fourth-order valence-electron chi connectivity index (χ4n) is 2.55. The third-order valence-corrected chi connectivity index (χ3v) is 3.63. The highest BCUT2D eigenvalue weighted by molar-refractivity contribution is 5.93. The Balaban J connectivity index is 2.17. The summed E-state index contributed by atoms with van der Waals surface area (Å²) in [5.74, 6) is 1.05. The zero-order chi connectivity index (χ0) is 15.2. The number of carboxylic acids is 1. The Morgan fingerprint density at radius 1 is 1.24 bits per heavy atom. The summed E-state index contributed by atoms with van der Waals surface area (Å²) in [5.41, 5.74) is -0.0615. The molecule has 1 amide bonds. The summed E-state index contributed by atoms with van der Waals surface area (Å²) in [7, 11) is 0. The SMILES string of the molecule is C#CCN(C(=O)c1cnc(C(=O)O)cn1)C1CCCCC1. The molecule has 0 radical (unpaired) electrons. The van der Waals surface area contributed by atoms with Gasteiger partial charge in [-0.25, -0.2) is 14.8 Å². The minimum absolute atomic E-state index is 0.126. The van der Waals surface area contributed by atoms with Gasteiger partial charge in [0.05, 0.1) is 18.9 Å². The van der Waals surface area contributed by atoms with Gasteiger partial charge in [-0.15, -0.1) is 6.42 Å². The fraction of sp³-hybridized carbons (Fsp3) is 0.467. The van der Waals surface area contributed by atoms with Crippen molar-refractivity contribution in [3.05, 3.63) is 23.8 Å². The molecule has 0 atom stereocenters. The van der Waals surface area contributed by atoms with E-state index in [1.54, 1.807) is 4.90 Å². The van der Waals surface area contributed by atoms with Gasteiger partial charge in [-0.05, 0) is 12.8 Å². The average molecular weight is 287 g/mol. The number of carbonyl (C=O) groups is 2. The molecule has 1 aliphatic rings. The second-order valence-corrected chi connectivity index (χ2v) is 5.02. The van der Waals surface area contributed by atoms with Gasteiger partial charge in [0.25, 0.3) is 5.91 Å². The van der Waals surface area contributed by atoms with Crippen molar-refractivity contribution < 1.29 is 14.7 Å². The summed E-state index contributed by atoms with van der Waals surface area (Å²) < 4.78 is 0. The number of nitrogens with zero attached hydrogens (tertiary/aromatic N) is 3. The van der Waals surface area contributed by atoms with Gasteiger partial charge in [0.15, 0.2) is 5.69 Å². The van der Waals surface area contributed by atoms with Crippen LogP contribution in [-0.2, 0) is 0 Å². The number of aromatic carboxylic acids is 1. The lowest BCUT2D eigenvalue weighted by molar-refractivity contribution is 0.0653. The summed E-state index contributed by atoms with van der Waals surface area (Å²) in [6.07, 6.45) is 12.9. The molecule has 1 aliphatic carbocycles. The lowest BCUT2D eigenvalue weighted by Gasteiger charge is -2.32. The molecule has 0 bridgehead atoms. The summed E-state index contributed by atoms with van der Waals surface area (Å²) in [5, 5.41) is 8.79. The number of hydrogen-bond acceptors (Lipinski definition) is 4. The smallest absolute Gasteiger partial charge is 0.356 e. The summed E-state index contributed by atoms with van der Waals surface area (Å²) in [6, 6.07) is 0.128. The Labute approximate surface area is 123 Å². The maximum Gasteiger partial charge on any atom is 0.356 e. The molecule has 0 spiro atoms. The molecular weight excluding hydrogens is 270 g/mol. The van der Waals surface area contributed by atoms with Crippen LogP contribution in [0.4, 0.5) is 0 Å². The van der Waals surface area contributed by atoms with Gasteiger partial charge >= 0.3 is 5.97 Å². The number of carboxylic acid groups (broad SMARTS) is 1. The van der Waals surface area contributed by atoms with Crippen LogP contribution in [0, 0.1) is 12.3 Å². The van der Waals surface area contributed by atoms with E-state index in [-0.39, 0.29) is 29.9 Å². The molecule has 1 N–H and O–H groups in total. The van der Waals surface area contributed by atoms with E-state index in [1.165, 1.54) is 12.6 Å². The standard InChI is InChI=1S/C15H17N3O3/c1-2-8-18(11-6-4-3-5-7-11)14(19)12-9-17-13(10-16-12)15(20)21/h1,9-11H,3-8H2,(H,20,21). The minimum atomic E-state index is -1.17. The Bertz CT molecular complexity index is 557. The van der Waals surface area contributed by atoms with Crippen LogP contribution in [-0.4, -0.2) is 44.4 Å². The number of amides is 1. The Kier molecular flexibility index (Phi) is 4.88. The molecule has 0 saturated heterocycles. The molecule has 0 unspecified atom stereocenters. The molecule has 21 heavy (non-hydrogen) atoms. The lowest BCUT2D eigenvalue weighted by atomic mass is 9.94. The Morgan fingerprint density at radius 2 is 1.86 bits per heavy atom. The van der Waals surface area contributed by atoms with Crippen LogP contribution in [0.15, 0.2) is 12.4 Å². The molecule has 1 aromatic rings. The predicted octanol–water partition coefficient (Wildman–Crippen LogP) is 1.58. The van der Waals surface area contributed by atoms with E-state index >= 15 is 0 Å². The molecule has 110 valence electrons. The Hall–Kier alpha value is -2.42. The van der Waals surface area contributed by atoms with E-state index in [2.05, 4.69) is 15.9 Å². The highest BCUT2D eigenvalue weighted by Crippen LogP contribution is 2.23. The number of terminal acetylenes is 1. The van der Waals surface area contributed by atoms with Crippen molar-refractivity contribution >= 4 is 11.9 Å². The van der Waals surface area contributed by atoms with Gasteiger partial charge in [0, 0.05) is 6.04 Å². The molecule has 1 fully saturated rings. The second-order valence-electron chi connectivity index (χ2n) is 5.02. The molecule has 0 aromatic carbocycles. The van der Waals surface area contributed by atoms with Crippen LogP contribution in [0.5, 0.6) is 0 Å². The first kappa shape index (κ1) is 15.0. The van der Waals surface area contributed by atoms with E-state index in [0.29, 0.717) is 0 Å². The van der Waals surface area contributed by atoms with Gasteiger partial charge in [-0.3, -0.25) is 4.79 Å². The van der Waals surface area contributed by atoms with Crippen molar-refractivity contribution in [2.24, 2.45) is 0 Å². The molecule has 2 rings (SSSR count). The fourth-order valence-corrected chi connectivity index (χ4v) is 2.55. The molecule has 1 heterocycles. The molecule has 0 aliphatic heterocycles. The van der Waals surface area contributed by atoms with E-state index in [9.17, 15) is 9.59 Å². The normalized spacial score (nSPS) is 15.2. The number of carbonyl (C=O) groups excluding carboxylic acids is 1. The van der Waals surface area contributed by atoms with E-state index in [0.717, 1.165) is 31.9 Å². The van der Waals surface area contributed by atoms with Gasteiger partial charge in [0.2, 0.25) is 0 Å². The molecule has 6 nitrogen and oxygen atoms in total. The highest BCUT2D eigenvalue weighted by atomic mass is 16.4. The van der Waals surface area contributed by atoms with Gasteiger partial charge in [-0.2, -0.15) is 0 Å². The minimum Gasteiger partial charge on any atom is -0.476 e. The molecule has 1 aromatic heterocycles. The van der Waals surface area contributed by atoms with Crippen molar-refractivity contribution in [1.29, 1.82) is 0 Å². The van der Waals surface area contributed by atoms with Crippen LogP contribution in [0.2, 0.25) is 0 Å². The van der Waals surface area contributed by atoms with Gasteiger partial charge in [-0.1, -0.05) is 25.2 Å². The third kappa shape index (κ3) is 3.57. The predicted molar refractivity (Wildman–Crippen MR) is 75.7 cm³/mol. The van der Waals surface area contributed by atoms with Crippen molar-refractivity contribution in [2.45, 2.75) is 38.1 Å². The molecule has 1 saturated carbocycles. The highest BCUT2D eigenvalue weighted by Gasteiger charge is 2.26. The first-order valence-corrected chi connectivity index (χ1v) is 6.93. The zero-order valence-electron chi connectivity index (χ0n) is 11.7. The third-order valence-electron chi connectivity index (χ3n) is 3.63. The maximum absolute atomic E-state index is 12.5. The van der Waals surface area contributed by atoms with E-state index in [4.69, 9.17) is 11.5 Å². The van der Waals surface area contributed by atoms with Crippen molar-refractivity contribution in [3.8, 4) is 12.3 Å². The van der Waals surface area contributed by atoms with Crippen LogP contribution in [0.25, 0.3) is 0 Å². The monoisotopic (exact) mass is 287 g/mol. The number of hydrogen-bond donors (Lipinski definition) is 1. The first-order valence-electron chi connectivity index (χ1n) is 6.93. The number of rotatable bonds is 4. The van der Waals surface area contributed by atoms with Crippen LogP contribution < -0.4 is 0 Å². The summed E-state index contributed by atoms with van der Waals surface area (Å²) in [4.78, 5) is 32.5. The Morgan fingerprint density at radius 3 is 2.38 bits per heavy atom. The van der Waals surface area contributed by atoms with Crippen molar-refractivity contribution in [3.63, 3.8) is 0 Å². The van der Waals surface area contributed by atoms with Crippen LogP contribution in [0.1, 0.15) is 53.1 Å². The second kappa shape index (κ2) is 6.84. The zero-order valence-corrected chi connectivity index (χ0v) is 11.7. The van der Waals surface area contributed by atoms with Gasteiger partial charge < -0.3 is 10.0 Å². The van der Waals surface area contributed by atoms with E-state index < -0.39 is 5.97 Å². The quantitative estimate of drug-likeness (QED) is 0.850. The topological polar surface area (TPSA) is 83.4 Å². The summed E-state index contributed by atoms with van der Waals surface area (Å²) in [6.45, 7) is 0.228. The van der Waals surface area contributed by atoms with Crippen molar-refractivity contribution in [2.75, 3.05) is 6.54 Å². The van der Waals surface area contributed by atoms with Gasteiger partial charge in [0.1, 0.15) is 5.69 Å². The molecular formula is C15H17N3O3. The average Bonchev–Trinajstić information content (AvgIpc) is 2.53. The van der Waals surface area contributed by atoms with E-state index in [1.807, 2.05) is 0 Å². The molecule has 6 heteroatoms. The number of aromatic nitrogens is 2.